The highest BCUT2D eigenvalue weighted by atomic mass is 32.2. The average molecular weight is 333 g/mol. The van der Waals surface area contributed by atoms with Gasteiger partial charge in [0.2, 0.25) is 0 Å². The predicted octanol–water partition coefficient (Wildman–Crippen LogP) is 3.90. The fourth-order valence-corrected chi connectivity index (χ4v) is 3.08. The van der Waals surface area contributed by atoms with Crippen LogP contribution >= 0.6 is 0 Å². The van der Waals surface area contributed by atoms with E-state index in [1.165, 1.54) is 0 Å². The maximum absolute atomic E-state index is 13.3. The topological polar surface area (TPSA) is 67.2 Å². The van der Waals surface area contributed by atoms with Crippen LogP contribution in [0.25, 0.3) is 0 Å². The predicted molar refractivity (Wildman–Crippen MR) is 84.2 cm³/mol. The summed E-state index contributed by atoms with van der Waals surface area (Å²) in [6.07, 6.45) is 0. The lowest BCUT2D eigenvalue weighted by Crippen LogP contribution is -2.12. The zero-order chi connectivity index (χ0) is 17.2. The molecule has 23 heavy (non-hydrogen) atoms. The van der Waals surface area contributed by atoms with Crippen LogP contribution in [0.5, 0.6) is 5.75 Å². The molecule has 0 N–H and O–H groups in total. The zero-order valence-electron chi connectivity index (χ0n) is 13.0. The Bertz CT molecular complexity index is 883. The van der Waals surface area contributed by atoms with Gasteiger partial charge < -0.3 is 4.18 Å². The molecule has 0 fully saturated rings. The van der Waals surface area contributed by atoms with Crippen molar-refractivity contribution in [1.82, 2.24) is 0 Å². The van der Waals surface area contributed by atoms with E-state index in [9.17, 15) is 12.8 Å². The molecule has 0 heterocycles. The summed E-state index contributed by atoms with van der Waals surface area (Å²) in [5, 5.41) is 8.83. The monoisotopic (exact) mass is 333 g/mol. The molecule has 0 unspecified atom stereocenters. The van der Waals surface area contributed by atoms with E-state index in [2.05, 4.69) is 0 Å². The van der Waals surface area contributed by atoms with Crippen LogP contribution in [0.1, 0.15) is 36.5 Å². The summed E-state index contributed by atoms with van der Waals surface area (Å²) in [6.45, 7) is 5.68. The molecular weight excluding hydrogens is 317 g/mol. The maximum atomic E-state index is 13.3. The minimum Gasteiger partial charge on any atom is -0.379 e. The van der Waals surface area contributed by atoms with Crippen LogP contribution in [0.2, 0.25) is 0 Å². The van der Waals surface area contributed by atoms with Crippen molar-refractivity contribution in [3.63, 3.8) is 0 Å². The van der Waals surface area contributed by atoms with E-state index in [1.54, 1.807) is 12.1 Å². The molecule has 120 valence electrons. The van der Waals surface area contributed by atoms with Crippen LogP contribution in [0.15, 0.2) is 41.3 Å². The molecule has 4 nitrogen and oxygen atoms in total. The number of nitriles is 1. The Hall–Kier alpha value is -2.39. The second-order valence-electron chi connectivity index (χ2n) is 5.49. The van der Waals surface area contributed by atoms with Crippen molar-refractivity contribution in [2.24, 2.45) is 0 Å². The van der Waals surface area contributed by atoms with Crippen molar-refractivity contribution in [3.05, 3.63) is 58.9 Å². The Morgan fingerprint density at radius 3 is 2.48 bits per heavy atom. The summed E-state index contributed by atoms with van der Waals surface area (Å²) >= 11 is 0. The van der Waals surface area contributed by atoms with Crippen molar-refractivity contribution in [2.45, 2.75) is 31.6 Å². The summed E-state index contributed by atoms with van der Waals surface area (Å²) in [7, 11) is -4.15. The Kier molecular flexibility index (Phi) is 4.71. The number of hydrogen-bond acceptors (Lipinski definition) is 4. The highest BCUT2D eigenvalue weighted by molar-refractivity contribution is 7.87. The van der Waals surface area contributed by atoms with E-state index < -0.39 is 15.9 Å². The van der Waals surface area contributed by atoms with Gasteiger partial charge in [-0.25, -0.2) is 4.39 Å². The molecule has 2 aromatic carbocycles. The van der Waals surface area contributed by atoms with E-state index in [0.717, 1.165) is 29.3 Å². The first-order valence-corrected chi connectivity index (χ1v) is 8.40. The minimum absolute atomic E-state index is 0.0729. The SMILES string of the molecule is Cc1ccc(C(C)C)c(OS(=O)(=O)c2ccc(F)c(C#N)c2)c1. The molecule has 2 rings (SSSR count). The van der Waals surface area contributed by atoms with Crippen LogP contribution < -0.4 is 4.18 Å². The third kappa shape index (κ3) is 3.69. The van der Waals surface area contributed by atoms with Crippen molar-refractivity contribution in [1.29, 1.82) is 5.26 Å². The fourth-order valence-electron chi connectivity index (χ4n) is 2.10. The number of rotatable bonds is 4. The molecular formula is C17H16FNO3S. The van der Waals surface area contributed by atoms with Gasteiger partial charge in [-0.2, -0.15) is 13.7 Å². The molecule has 0 amide bonds. The van der Waals surface area contributed by atoms with Crippen molar-refractivity contribution >= 4 is 10.1 Å². The first-order valence-electron chi connectivity index (χ1n) is 6.99. The van der Waals surface area contributed by atoms with Gasteiger partial charge in [0.05, 0.1) is 5.56 Å². The largest absolute Gasteiger partial charge is 0.379 e. The van der Waals surface area contributed by atoms with E-state index in [0.29, 0.717) is 0 Å². The Morgan fingerprint density at radius 1 is 1.17 bits per heavy atom. The fraction of sp³-hybridized carbons (Fsp3) is 0.235. The quantitative estimate of drug-likeness (QED) is 0.796. The minimum atomic E-state index is -4.15. The molecule has 0 atom stereocenters. The standard InChI is InChI=1S/C17H16FNO3S/c1-11(2)15-6-4-12(3)8-17(15)22-23(20,21)14-5-7-16(18)13(9-14)10-19/h4-9,11H,1-3H3. The van der Waals surface area contributed by atoms with Gasteiger partial charge in [-0.05, 0) is 48.2 Å². The normalized spacial score (nSPS) is 11.3. The number of aryl methyl sites for hydroxylation is 1. The average Bonchev–Trinajstić information content (AvgIpc) is 2.46. The lowest BCUT2D eigenvalue weighted by molar-refractivity contribution is 0.481. The van der Waals surface area contributed by atoms with E-state index in [1.807, 2.05) is 32.9 Å². The summed E-state index contributed by atoms with van der Waals surface area (Å²) in [6, 6.07) is 9.93. The molecule has 0 aliphatic carbocycles. The van der Waals surface area contributed by atoms with E-state index >= 15 is 0 Å². The highest BCUT2D eigenvalue weighted by Crippen LogP contribution is 2.30. The van der Waals surface area contributed by atoms with Crippen molar-refractivity contribution in [2.75, 3.05) is 0 Å². The second kappa shape index (κ2) is 6.39. The molecule has 0 spiro atoms. The number of benzene rings is 2. The lowest BCUT2D eigenvalue weighted by Gasteiger charge is -2.14. The van der Waals surface area contributed by atoms with Crippen LogP contribution in [-0.4, -0.2) is 8.42 Å². The molecule has 0 saturated carbocycles. The molecule has 0 aliphatic heterocycles. The Labute approximate surface area is 135 Å². The van der Waals surface area contributed by atoms with Gasteiger partial charge >= 0.3 is 10.1 Å². The zero-order valence-corrected chi connectivity index (χ0v) is 13.8. The highest BCUT2D eigenvalue weighted by Gasteiger charge is 2.21. The molecule has 0 radical (unpaired) electrons. The molecule has 0 aromatic heterocycles. The lowest BCUT2D eigenvalue weighted by atomic mass is 10.0. The van der Waals surface area contributed by atoms with Crippen LogP contribution in [0, 0.1) is 24.1 Å². The second-order valence-corrected chi connectivity index (χ2v) is 7.03. The van der Waals surface area contributed by atoms with Crippen molar-refractivity contribution < 1.29 is 17.0 Å². The number of hydrogen-bond donors (Lipinski definition) is 0. The number of nitrogens with zero attached hydrogens (tertiary/aromatic N) is 1. The van der Waals surface area contributed by atoms with Crippen LogP contribution in [-0.2, 0) is 10.1 Å². The first-order chi connectivity index (χ1) is 10.7. The number of halogens is 1. The third-order valence-electron chi connectivity index (χ3n) is 3.34. The van der Waals surface area contributed by atoms with Gasteiger partial charge in [0.25, 0.3) is 0 Å². The van der Waals surface area contributed by atoms with Gasteiger partial charge in [-0.15, -0.1) is 0 Å². The molecule has 0 bridgehead atoms. The Balaban J connectivity index is 2.47. The van der Waals surface area contributed by atoms with Gasteiger partial charge in [-0.3, -0.25) is 0 Å². The summed E-state index contributed by atoms with van der Waals surface area (Å²) in [5.74, 6) is -0.462. The van der Waals surface area contributed by atoms with Gasteiger partial charge in [0.15, 0.2) is 0 Å². The molecule has 0 saturated heterocycles. The van der Waals surface area contributed by atoms with E-state index in [4.69, 9.17) is 9.44 Å². The van der Waals surface area contributed by atoms with Gasteiger partial charge in [0, 0.05) is 0 Å². The van der Waals surface area contributed by atoms with Crippen LogP contribution in [0.3, 0.4) is 0 Å². The van der Waals surface area contributed by atoms with Crippen molar-refractivity contribution in [3.8, 4) is 11.8 Å². The van der Waals surface area contributed by atoms with Gasteiger partial charge in [0.1, 0.15) is 22.5 Å². The molecule has 2 aromatic rings. The van der Waals surface area contributed by atoms with E-state index in [-0.39, 0.29) is 22.1 Å². The summed E-state index contributed by atoms with van der Waals surface area (Å²) in [5.41, 5.74) is 1.27. The van der Waals surface area contributed by atoms with Gasteiger partial charge in [-0.1, -0.05) is 26.0 Å². The van der Waals surface area contributed by atoms with Crippen LogP contribution in [0.4, 0.5) is 4.39 Å². The smallest absolute Gasteiger partial charge is 0.339 e. The molecule has 0 aliphatic rings. The Morgan fingerprint density at radius 2 is 1.87 bits per heavy atom. The molecule has 6 heteroatoms. The first kappa shape index (κ1) is 17.0. The summed E-state index contributed by atoms with van der Waals surface area (Å²) < 4.78 is 43.4. The third-order valence-corrected chi connectivity index (χ3v) is 4.57. The summed E-state index contributed by atoms with van der Waals surface area (Å²) in [4.78, 5) is -0.258. The maximum Gasteiger partial charge on any atom is 0.339 e.